The van der Waals surface area contributed by atoms with Gasteiger partial charge < -0.3 is 4.90 Å². The first-order valence-electron chi connectivity index (χ1n) is 7.72. The van der Waals surface area contributed by atoms with Crippen LogP contribution >= 0.6 is 0 Å². The Kier molecular flexibility index (Phi) is 4.71. The number of rotatable bonds is 3. The Morgan fingerprint density at radius 1 is 1.00 bits per heavy atom. The maximum atomic E-state index is 4.05. The minimum atomic E-state index is 0.868. The fraction of sp³-hybridized carbons (Fsp3) is 0.875. The molecule has 1 saturated heterocycles. The van der Waals surface area contributed by atoms with Gasteiger partial charge in [0.1, 0.15) is 0 Å². The zero-order valence-corrected chi connectivity index (χ0v) is 12.5. The Labute approximate surface area is 113 Å². The van der Waals surface area contributed by atoms with Gasteiger partial charge in [-0.2, -0.15) is 0 Å². The van der Waals surface area contributed by atoms with E-state index in [4.69, 9.17) is 0 Å². The van der Waals surface area contributed by atoms with Crippen molar-refractivity contribution in [3.05, 3.63) is 12.3 Å². The molecule has 2 fully saturated rings. The third-order valence-electron chi connectivity index (χ3n) is 5.05. The smallest absolute Gasteiger partial charge is 0.0303 e. The third-order valence-corrected chi connectivity index (χ3v) is 5.05. The van der Waals surface area contributed by atoms with Gasteiger partial charge in [0.2, 0.25) is 0 Å². The van der Waals surface area contributed by atoms with E-state index >= 15 is 0 Å². The third kappa shape index (κ3) is 3.28. The van der Waals surface area contributed by atoms with Gasteiger partial charge in [-0.05, 0) is 44.4 Å². The first-order chi connectivity index (χ1) is 8.58. The largest absolute Gasteiger partial charge is 0.373 e. The average Bonchev–Trinajstić information content (AvgIpc) is 2.39. The van der Waals surface area contributed by atoms with Crippen LogP contribution in [-0.4, -0.2) is 42.0 Å². The van der Waals surface area contributed by atoms with E-state index in [-0.39, 0.29) is 0 Å². The molecule has 0 atom stereocenters. The lowest BCUT2D eigenvalue weighted by atomic mass is 9.79. The predicted molar refractivity (Wildman–Crippen MR) is 78.5 cm³/mol. The molecule has 0 aromatic rings. The van der Waals surface area contributed by atoms with Gasteiger partial charge in [0.15, 0.2) is 0 Å². The molecule has 0 N–H and O–H groups in total. The molecule has 0 spiro atoms. The lowest BCUT2D eigenvalue weighted by Crippen LogP contribution is -2.50. The summed E-state index contributed by atoms with van der Waals surface area (Å²) in [5.41, 5.74) is 1.23. The first kappa shape index (κ1) is 13.9. The van der Waals surface area contributed by atoms with Crippen molar-refractivity contribution < 1.29 is 0 Å². The molecule has 1 aliphatic carbocycles. The summed E-state index contributed by atoms with van der Waals surface area (Å²) in [5.74, 6) is 1.86. The van der Waals surface area contributed by atoms with Gasteiger partial charge >= 0.3 is 0 Å². The molecule has 0 unspecified atom stereocenters. The summed E-state index contributed by atoms with van der Waals surface area (Å²) in [6.45, 7) is 15.8. The van der Waals surface area contributed by atoms with E-state index < -0.39 is 0 Å². The number of hydrogen-bond acceptors (Lipinski definition) is 2. The van der Waals surface area contributed by atoms with Gasteiger partial charge in [-0.25, -0.2) is 0 Å². The van der Waals surface area contributed by atoms with E-state index in [1.807, 2.05) is 0 Å². The summed E-state index contributed by atoms with van der Waals surface area (Å²) >= 11 is 0. The second-order valence-electron chi connectivity index (χ2n) is 6.57. The second-order valence-corrected chi connectivity index (χ2v) is 6.57. The molecule has 0 aromatic carbocycles. The van der Waals surface area contributed by atoms with Crippen molar-refractivity contribution in [2.45, 2.75) is 52.5 Å². The van der Waals surface area contributed by atoms with E-state index in [1.54, 1.807) is 0 Å². The average molecular weight is 250 g/mol. The Balaban J connectivity index is 1.76. The summed E-state index contributed by atoms with van der Waals surface area (Å²) < 4.78 is 0. The molecule has 0 amide bonds. The van der Waals surface area contributed by atoms with Crippen molar-refractivity contribution in [1.29, 1.82) is 0 Å². The van der Waals surface area contributed by atoms with Crippen LogP contribution in [0.5, 0.6) is 0 Å². The summed E-state index contributed by atoms with van der Waals surface area (Å²) in [4.78, 5) is 5.16. The molecule has 1 saturated carbocycles. The summed E-state index contributed by atoms with van der Waals surface area (Å²) in [7, 11) is 0. The zero-order valence-electron chi connectivity index (χ0n) is 12.5. The van der Waals surface area contributed by atoms with Crippen LogP contribution < -0.4 is 0 Å². The summed E-state index contributed by atoms with van der Waals surface area (Å²) in [5, 5.41) is 0. The Hall–Kier alpha value is -0.500. The quantitative estimate of drug-likeness (QED) is 0.758. The van der Waals surface area contributed by atoms with Crippen molar-refractivity contribution in [2.24, 2.45) is 11.8 Å². The normalized spacial score (nSPS) is 30.8. The molecule has 0 aromatic heterocycles. The number of hydrogen-bond donors (Lipinski definition) is 0. The molecule has 2 aliphatic rings. The Morgan fingerprint density at radius 3 is 2.00 bits per heavy atom. The van der Waals surface area contributed by atoms with Gasteiger partial charge in [0.05, 0.1) is 0 Å². The summed E-state index contributed by atoms with van der Waals surface area (Å²) in [6, 6.07) is 0.868. The standard InChI is InChI=1S/C16H30N2/c1-13(2)15-5-7-16(8-6-15)18-11-9-17(10-12-18)14(3)4/h13,15-16H,3,5-12H2,1-2,4H3. The molecule has 104 valence electrons. The van der Waals surface area contributed by atoms with E-state index in [0.717, 1.165) is 17.9 Å². The van der Waals surface area contributed by atoms with Crippen LogP contribution in [0.2, 0.25) is 0 Å². The summed E-state index contributed by atoms with van der Waals surface area (Å²) in [6.07, 6.45) is 5.75. The number of nitrogens with zero attached hydrogens (tertiary/aromatic N) is 2. The lowest BCUT2D eigenvalue weighted by molar-refractivity contribution is 0.0779. The van der Waals surface area contributed by atoms with Gasteiger partial charge in [0.25, 0.3) is 0 Å². The van der Waals surface area contributed by atoms with Crippen LogP contribution in [0.3, 0.4) is 0 Å². The maximum Gasteiger partial charge on any atom is 0.0303 e. The fourth-order valence-electron chi connectivity index (χ4n) is 3.60. The van der Waals surface area contributed by atoms with Crippen LogP contribution in [-0.2, 0) is 0 Å². The lowest BCUT2D eigenvalue weighted by Gasteiger charge is -2.43. The van der Waals surface area contributed by atoms with Crippen molar-refractivity contribution >= 4 is 0 Å². The first-order valence-corrected chi connectivity index (χ1v) is 7.72. The molecule has 0 radical (unpaired) electrons. The molecule has 2 heteroatoms. The highest BCUT2D eigenvalue weighted by molar-refractivity contribution is 4.93. The molecule has 0 bridgehead atoms. The number of piperazine rings is 1. The molecule has 1 heterocycles. The van der Waals surface area contributed by atoms with Crippen LogP contribution in [0.4, 0.5) is 0 Å². The fourth-order valence-corrected chi connectivity index (χ4v) is 3.60. The molecular formula is C16H30N2. The molecule has 18 heavy (non-hydrogen) atoms. The highest BCUT2D eigenvalue weighted by atomic mass is 15.3. The molecular weight excluding hydrogens is 220 g/mol. The number of allylic oxidation sites excluding steroid dienone is 1. The van der Waals surface area contributed by atoms with Crippen molar-refractivity contribution in [2.75, 3.05) is 26.2 Å². The zero-order chi connectivity index (χ0) is 13.1. The van der Waals surface area contributed by atoms with Crippen LogP contribution in [0, 0.1) is 11.8 Å². The Morgan fingerprint density at radius 2 is 1.56 bits per heavy atom. The maximum absolute atomic E-state index is 4.05. The highest BCUT2D eigenvalue weighted by Crippen LogP contribution is 2.32. The minimum Gasteiger partial charge on any atom is -0.373 e. The van der Waals surface area contributed by atoms with Crippen LogP contribution in [0.15, 0.2) is 12.3 Å². The monoisotopic (exact) mass is 250 g/mol. The predicted octanol–water partition coefficient (Wildman–Crippen LogP) is 3.35. The van der Waals surface area contributed by atoms with Crippen LogP contribution in [0.25, 0.3) is 0 Å². The molecule has 1 aliphatic heterocycles. The van der Waals surface area contributed by atoms with Gasteiger partial charge in [-0.15, -0.1) is 0 Å². The minimum absolute atomic E-state index is 0.868. The van der Waals surface area contributed by atoms with Gasteiger partial charge in [0, 0.05) is 37.9 Å². The van der Waals surface area contributed by atoms with Crippen molar-refractivity contribution in [1.82, 2.24) is 9.80 Å². The van der Waals surface area contributed by atoms with Crippen molar-refractivity contribution in [3.8, 4) is 0 Å². The second kappa shape index (κ2) is 6.10. The SMILES string of the molecule is C=C(C)N1CCN(C2CCC(C(C)C)CC2)CC1. The van der Waals surface area contributed by atoms with E-state index in [1.165, 1.54) is 57.6 Å². The molecule has 2 nitrogen and oxygen atoms in total. The van der Waals surface area contributed by atoms with Crippen molar-refractivity contribution in [3.63, 3.8) is 0 Å². The van der Waals surface area contributed by atoms with Crippen LogP contribution in [0.1, 0.15) is 46.5 Å². The van der Waals surface area contributed by atoms with E-state index in [0.29, 0.717) is 0 Å². The van der Waals surface area contributed by atoms with E-state index in [2.05, 4.69) is 37.1 Å². The van der Waals surface area contributed by atoms with Gasteiger partial charge in [-0.1, -0.05) is 20.4 Å². The van der Waals surface area contributed by atoms with Gasteiger partial charge in [-0.3, -0.25) is 4.90 Å². The topological polar surface area (TPSA) is 6.48 Å². The highest BCUT2D eigenvalue weighted by Gasteiger charge is 2.28. The van der Waals surface area contributed by atoms with E-state index in [9.17, 15) is 0 Å². The Bertz CT molecular complexity index is 269. The molecule has 2 rings (SSSR count).